The summed E-state index contributed by atoms with van der Waals surface area (Å²) in [6.45, 7) is 0.837. The molecular formula is C14H14ClIN4. The van der Waals surface area contributed by atoms with E-state index in [0.717, 1.165) is 35.6 Å². The van der Waals surface area contributed by atoms with Gasteiger partial charge >= 0.3 is 0 Å². The van der Waals surface area contributed by atoms with Crippen LogP contribution in [0.3, 0.4) is 0 Å². The Morgan fingerprint density at radius 2 is 2.15 bits per heavy atom. The lowest BCUT2D eigenvalue weighted by molar-refractivity contribution is 0.646. The average molecular weight is 401 g/mol. The van der Waals surface area contributed by atoms with Crippen LogP contribution in [0.25, 0.3) is 11.0 Å². The number of hydrogen-bond acceptors (Lipinski definition) is 2. The molecule has 0 amide bonds. The Labute approximate surface area is 135 Å². The van der Waals surface area contributed by atoms with E-state index in [1.54, 1.807) is 0 Å². The van der Waals surface area contributed by atoms with Gasteiger partial charge in [-0.15, -0.1) is 11.6 Å². The van der Waals surface area contributed by atoms with Crippen molar-refractivity contribution in [1.82, 2.24) is 19.1 Å². The van der Waals surface area contributed by atoms with Crippen molar-refractivity contribution in [2.45, 2.75) is 18.8 Å². The maximum atomic E-state index is 6.03. The summed E-state index contributed by atoms with van der Waals surface area (Å²) >= 11 is 8.33. The Morgan fingerprint density at radius 1 is 1.30 bits per heavy atom. The summed E-state index contributed by atoms with van der Waals surface area (Å²) in [4.78, 5) is 8.97. The van der Waals surface area contributed by atoms with Crippen molar-refractivity contribution in [3.8, 4) is 0 Å². The standard InChI is InChI=1S/C14H14ClIN4/c1-19-7-5-17-13(19)4-6-20-12-3-2-10(16)8-11(12)18-14(20)9-15/h2-3,5,7-8H,4,6,9H2,1H3. The zero-order chi connectivity index (χ0) is 14.1. The monoisotopic (exact) mass is 400 g/mol. The summed E-state index contributed by atoms with van der Waals surface area (Å²) < 4.78 is 5.42. The zero-order valence-corrected chi connectivity index (χ0v) is 14.0. The van der Waals surface area contributed by atoms with Crippen LogP contribution in [0.4, 0.5) is 0 Å². The average Bonchev–Trinajstić information content (AvgIpc) is 2.99. The van der Waals surface area contributed by atoms with Gasteiger partial charge in [0.05, 0.1) is 16.9 Å². The second kappa shape index (κ2) is 5.73. The topological polar surface area (TPSA) is 35.6 Å². The minimum Gasteiger partial charge on any atom is -0.338 e. The molecule has 0 aliphatic rings. The minimum absolute atomic E-state index is 0.422. The van der Waals surface area contributed by atoms with Crippen LogP contribution >= 0.6 is 34.2 Å². The van der Waals surface area contributed by atoms with Crippen molar-refractivity contribution in [3.63, 3.8) is 0 Å². The van der Waals surface area contributed by atoms with Gasteiger partial charge in [0.2, 0.25) is 0 Å². The first kappa shape index (κ1) is 13.9. The van der Waals surface area contributed by atoms with Crippen molar-refractivity contribution in [2.24, 2.45) is 7.05 Å². The van der Waals surface area contributed by atoms with Gasteiger partial charge in [0.1, 0.15) is 11.6 Å². The lowest BCUT2D eigenvalue weighted by Gasteiger charge is -2.08. The molecule has 3 aromatic rings. The number of benzene rings is 1. The number of imidazole rings is 2. The molecule has 0 saturated carbocycles. The third-order valence-corrected chi connectivity index (χ3v) is 4.30. The number of aromatic nitrogens is 4. The first-order chi connectivity index (χ1) is 9.69. The normalized spacial score (nSPS) is 11.3. The van der Waals surface area contributed by atoms with Gasteiger partial charge in [-0.05, 0) is 40.8 Å². The van der Waals surface area contributed by atoms with E-state index in [2.05, 4.69) is 55.3 Å². The van der Waals surface area contributed by atoms with E-state index >= 15 is 0 Å². The molecule has 6 heteroatoms. The van der Waals surface area contributed by atoms with Crippen LogP contribution in [0.15, 0.2) is 30.6 Å². The van der Waals surface area contributed by atoms with Gasteiger partial charge in [0.15, 0.2) is 0 Å². The number of aryl methyl sites for hydroxylation is 3. The highest BCUT2D eigenvalue weighted by molar-refractivity contribution is 14.1. The molecule has 20 heavy (non-hydrogen) atoms. The molecule has 2 aromatic heterocycles. The fraction of sp³-hybridized carbons (Fsp3) is 0.286. The van der Waals surface area contributed by atoms with E-state index in [1.165, 1.54) is 3.57 Å². The highest BCUT2D eigenvalue weighted by Gasteiger charge is 2.11. The van der Waals surface area contributed by atoms with E-state index in [0.29, 0.717) is 5.88 Å². The summed E-state index contributed by atoms with van der Waals surface area (Å²) in [5.74, 6) is 2.40. The SMILES string of the molecule is Cn1ccnc1CCn1c(CCl)nc2cc(I)ccc21. The summed E-state index contributed by atoms with van der Waals surface area (Å²) in [6.07, 6.45) is 4.66. The predicted octanol–water partition coefficient (Wildman–Crippen LogP) is 3.36. The Bertz CT molecular complexity index is 747. The molecule has 0 aliphatic carbocycles. The van der Waals surface area contributed by atoms with Crippen LogP contribution in [0.1, 0.15) is 11.6 Å². The van der Waals surface area contributed by atoms with Crippen LogP contribution in [-0.2, 0) is 25.9 Å². The molecule has 104 valence electrons. The van der Waals surface area contributed by atoms with Gasteiger partial charge in [0, 0.05) is 36.0 Å². The van der Waals surface area contributed by atoms with E-state index in [1.807, 2.05) is 24.0 Å². The summed E-state index contributed by atoms with van der Waals surface area (Å²) in [7, 11) is 2.01. The van der Waals surface area contributed by atoms with Crippen molar-refractivity contribution in [1.29, 1.82) is 0 Å². The zero-order valence-electron chi connectivity index (χ0n) is 11.1. The Morgan fingerprint density at radius 3 is 2.85 bits per heavy atom. The van der Waals surface area contributed by atoms with Crippen molar-refractivity contribution < 1.29 is 0 Å². The molecule has 0 fully saturated rings. The third kappa shape index (κ3) is 2.56. The third-order valence-electron chi connectivity index (χ3n) is 3.39. The Hall–Kier alpha value is -1.08. The lowest BCUT2D eigenvalue weighted by Crippen LogP contribution is -2.08. The molecule has 4 nitrogen and oxygen atoms in total. The molecule has 2 heterocycles. The van der Waals surface area contributed by atoms with E-state index in [4.69, 9.17) is 11.6 Å². The highest BCUT2D eigenvalue weighted by atomic mass is 127. The molecule has 0 saturated heterocycles. The van der Waals surface area contributed by atoms with Gasteiger partial charge in [0.25, 0.3) is 0 Å². The summed E-state index contributed by atoms with van der Waals surface area (Å²) in [5, 5.41) is 0. The molecule has 0 spiro atoms. The largest absolute Gasteiger partial charge is 0.338 e. The van der Waals surface area contributed by atoms with Gasteiger partial charge < -0.3 is 9.13 Å². The number of rotatable bonds is 4. The predicted molar refractivity (Wildman–Crippen MR) is 88.9 cm³/mol. The quantitative estimate of drug-likeness (QED) is 0.497. The number of nitrogens with zero attached hydrogens (tertiary/aromatic N) is 4. The van der Waals surface area contributed by atoms with Crippen molar-refractivity contribution in [3.05, 3.63) is 45.8 Å². The Kier molecular flexibility index (Phi) is 3.98. The molecule has 0 radical (unpaired) electrons. The molecule has 1 aromatic carbocycles. The maximum Gasteiger partial charge on any atom is 0.124 e. The van der Waals surface area contributed by atoms with Crippen LogP contribution in [0, 0.1) is 3.57 Å². The van der Waals surface area contributed by atoms with Crippen LogP contribution in [-0.4, -0.2) is 19.1 Å². The number of halogens is 2. The van der Waals surface area contributed by atoms with Gasteiger partial charge in [-0.3, -0.25) is 0 Å². The minimum atomic E-state index is 0.422. The molecule has 0 bridgehead atoms. The highest BCUT2D eigenvalue weighted by Crippen LogP contribution is 2.20. The number of alkyl halides is 1. The Balaban J connectivity index is 1.95. The van der Waals surface area contributed by atoms with Crippen LogP contribution in [0.5, 0.6) is 0 Å². The van der Waals surface area contributed by atoms with Gasteiger partial charge in [-0.2, -0.15) is 0 Å². The molecule has 0 aliphatic heterocycles. The first-order valence-corrected chi connectivity index (χ1v) is 7.97. The van der Waals surface area contributed by atoms with Crippen LogP contribution in [0.2, 0.25) is 0 Å². The molecule has 0 unspecified atom stereocenters. The second-order valence-corrected chi connectivity index (χ2v) is 6.16. The fourth-order valence-corrected chi connectivity index (χ4v) is 3.03. The summed E-state index contributed by atoms with van der Waals surface area (Å²) in [5.41, 5.74) is 2.14. The van der Waals surface area contributed by atoms with Gasteiger partial charge in [-0.25, -0.2) is 9.97 Å². The second-order valence-electron chi connectivity index (χ2n) is 4.65. The molecule has 0 atom stereocenters. The summed E-state index contributed by atoms with van der Waals surface area (Å²) in [6, 6.07) is 6.29. The smallest absolute Gasteiger partial charge is 0.124 e. The van der Waals surface area contributed by atoms with Crippen molar-refractivity contribution >= 4 is 45.2 Å². The first-order valence-electron chi connectivity index (χ1n) is 6.36. The maximum absolute atomic E-state index is 6.03. The fourth-order valence-electron chi connectivity index (χ4n) is 2.35. The molecular weight excluding hydrogens is 387 g/mol. The van der Waals surface area contributed by atoms with Crippen LogP contribution < -0.4 is 0 Å². The lowest BCUT2D eigenvalue weighted by atomic mass is 10.3. The molecule has 0 N–H and O–H groups in total. The van der Waals surface area contributed by atoms with E-state index in [-0.39, 0.29) is 0 Å². The number of fused-ring (bicyclic) bond motifs is 1. The van der Waals surface area contributed by atoms with E-state index in [9.17, 15) is 0 Å². The molecule has 3 rings (SSSR count). The van der Waals surface area contributed by atoms with Crippen molar-refractivity contribution in [2.75, 3.05) is 0 Å². The van der Waals surface area contributed by atoms with Gasteiger partial charge in [-0.1, -0.05) is 0 Å². The van der Waals surface area contributed by atoms with E-state index < -0.39 is 0 Å². The number of hydrogen-bond donors (Lipinski definition) is 0.